The summed E-state index contributed by atoms with van der Waals surface area (Å²) < 4.78 is 6.74. The molecule has 0 aliphatic rings. The summed E-state index contributed by atoms with van der Waals surface area (Å²) in [5.74, 6) is 0. The standard InChI is InChI=1S/C19H15N3OS/c23-19-18-17(16(21-24-18)15-9-5-2-6-10-15)20-13-22(19)12-11-14-7-3-1-4-8-14/h1-10,13H,11-12H2. The molecular formula is C19H15N3OS. The van der Waals surface area contributed by atoms with Gasteiger partial charge in [-0.3, -0.25) is 9.36 Å². The minimum absolute atomic E-state index is 0.0180. The average Bonchev–Trinajstić information content (AvgIpc) is 3.08. The molecule has 0 bridgehead atoms. The normalized spacial score (nSPS) is 11.0. The predicted molar refractivity (Wildman–Crippen MR) is 97.3 cm³/mol. The highest BCUT2D eigenvalue weighted by Crippen LogP contribution is 2.26. The van der Waals surface area contributed by atoms with Crippen molar-refractivity contribution in [2.24, 2.45) is 0 Å². The summed E-state index contributed by atoms with van der Waals surface area (Å²) in [6.07, 6.45) is 2.44. The van der Waals surface area contributed by atoms with Crippen molar-refractivity contribution in [1.29, 1.82) is 0 Å². The van der Waals surface area contributed by atoms with Crippen LogP contribution < -0.4 is 5.56 Å². The van der Waals surface area contributed by atoms with Gasteiger partial charge in [0.05, 0.1) is 6.33 Å². The molecule has 4 aromatic rings. The van der Waals surface area contributed by atoms with E-state index in [0.29, 0.717) is 16.8 Å². The van der Waals surface area contributed by atoms with E-state index in [1.807, 2.05) is 48.5 Å². The van der Waals surface area contributed by atoms with Crippen molar-refractivity contribution in [2.45, 2.75) is 13.0 Å². The summed E-state index contributed by atoms with van der Waals surface area (Å²) in [6, 6.07) is 20.0. The second-order valence-electron chi connectivity index (χ2n) is 5.55. The summed E-state index contributed by atoms with van der Waals surface area (Å²) in [4.78, 5) is 17.2. The number of aryl methyl sites for hydroxylation is 2. The van der Waals surface area contributed by atoms with Gasteiger partial charge in [0.1, 0.15) is 15.9 Å². The summed E-state index contributed by atoms with van der Waals surface area (Å²) >= 11 is 1.23. The maximum absolute atomic E-state index is 12.7. The maximum Gasteiger partial charge on any atom is 0.272 e. The third kappa shape index (κ3) is 2.74. The summed E-state index contributed by atoms with van der Waals surface area (Å²) in [7, 11) is 0. The Hall–Kier alpha value is -2.79. The van der Waals surface area contributed by atoms with Crippen molar-refractivity contribution < 1.29 is 0 Å². The number of fused-ring (bicyclic) bond motifs is 1. The van der Waals surface area contributed by atoms with Crippen molar-refractivity contribution in [3.05, 3.63) is 82.9 Å². The second kappa shape index (κ2) is 6.37. The number of hydrogen-bond donors (Lipinski definition) is 0. The zero-order valence-corrected chi connectivity index (χ0v) is 13.7. The molecule has 0 spiro atoms. The first-order chi connectivity index (χ1) is 11.8. The Labute approximate surface area is 143 Å². The van der Waals surface area contributed by atoms with Crippen LogP contribution in [0.3, 0.4) is 0 Å². The number of benzene rings is 2. The Balaban J connectivity index is 1.68. The zero-order valence-electron chi connectivity index (χ0n) is 12.9. The lowest BCUT2D eigenvalue weighted by atomic mass is 10.1. The van der Waals surface area contributed by atoms with E-state index in [0.717, 1.165) is 17.7 Å². The number of aromatic nitrogens is 3. The van der Waals surface area contributed by atoms with Crippen LogP contribution in [0.2, 0.25) is 0 Å². The van der Waals surface area contributed by atoms with Crippen LogP contribution in [0.15, 0.2) is 71.8 Å². The second-order valence-corrected chi connectivity index (χ2v) is 6.33. The summed E-state index contributed by atoms with van der Waals surface area (Å²) in [5.41, 5.74) is 3.64. The molecule has 2 aromatic carbocycles. The van der Waals surface area contributed by atoms with Gasteiger partial charge >= 0.3 is 0 Å². The highest BCUT2D eigenvalue weighted by molar-refractivity contribution is 7.13. The topological polar surface area (TPSA) is 47.8 Å². The minimum Gasteiger partial charge on any atom is -0.298 e. The van der Waals surface area contributed by atoms with Gasteiger partial charge < -0.3 is 0 Å². The van der Waals surface area contributed by atoms with Gasteiger partial charge in [0, 0.05) is 12.1 Å². The molecule has 0 saturated heterocycles. The molecule has 0 atom stereocenters. The molecule has 4 nitrogen and oxygen atoms in total. The van der Waals surface area contributed by atoms with Crippen LogP contribution >= 0.6 is 11.5 Å². The van der Waals surface area contributed by atoms with Crippen molar-refractivity contribution in [3.63, 3.8) is 0 Å². The van der Waals surface area contributed by atoms with Gasteiger partial charge in [0.25, 0.3) is 5.56 Å². The van der Waals surface area contributed by atoms with Crippen molar-refractivity contribution in [1.82, 2.24) is 13.9 Å². The van der Waals surface area contributed by atoms with Crippen LogP contribution in [0, 0.1) is 0 Å². The SMILES string of the molecule is O=c1c2snc(-c3ccccc3)c2ncn1CCc1ccccc1. The largest absolute Gasteiger partial charge is 0.298 e. The molecule has 0 aliphatic heterocycles. The molecule has 0 amide bonds. The molecule has 2 aromatic heterocycles. The molecule has 0 unspecified atom stereocenters. The lowest BCUT2D eigenvalue weighted by Gasteiger charge is -2.05. The zero-order chi connectivity index (χ0) is 16.4. The third-order valence-corrected chi connectivity index (χ3v) is 4.80. The molecule has 5 heteroatoms. The van der Waals surface area contributed by atoms with Gasteiger partial charge in [-0.1, -0.05) is 60.7 Å². The molecule has 0 saturated carbocycles. The van der Waals surface area contributed by atoms with E-state index in [4.69, 9.17) is 0 Å². The molecule has 4 rings (SSSR count). The van der Waals surface area contributed by atoms with E-state index in [2.05, 4.69) is 21.5 Å². The molecule has 0 aliphatic carbocycles. The lowest BCUT2D eigenvalue weighted by Crippen LogP contribution is -2.20. The Morgan fingerprint density at radius 3 is 2.42 bits per heavy atom. The fourth-order valence-electron chi connectivity index (χ4n) is 2.69. The van der Waals surface area contributed by atoms with Crippen LogP contribution in [0.4, 0.5) is 0 Å². The smallest absolute Gasteiger partial charge is 0.272 e. The maximum atomic E-state index is 12.7. The number of rotatable bonds is 4. The van der Waals surface area contributed by atoms with Crippen molar-refractivity contribution in [3.8, 4) is 11.3 Å². The van der Waals surface area contributed by atoms with Crippen molar-refractivity contribution in [2.75, 3.05) is 0 Å². The molecule has 0 radical (unpaired) electrons. The molecule has 118 valence electrons. The fourth-order valence-corrected chi connectivity index (χ4v) is 3.50. The lowest BCUT2D eigenvalue weighted by molar-refractivity contribution is 0.663. The molecule has 0 fully saturated rings. The third-order valence-electron chi connectivity index (χ3n) is 3.98. The van der Waals surface area contributed by atoms with Crippen molar-refractivity contribution >= 4 is 21.7 Å². The Morgan fingerprint density at radius 2 is 1.67 bits per heavy atom. The van der Waals surface area contributed by atoms with E-state index in [1.165, 1.54) is 17.1 Å². The van der Waals surface area contributed by atoms with Crippen LogP contribution in [-0.2, 0) is 13.0 Å². The average molecular weight is 333 g/mol. The molecule has 2 heterocycles. The van der Waals surface area contributed by atoms with Crippen LogP contribution in [0.5, 0.6) is 0 Å². The molecular weight excluding hydrogens is 318 g/mol. The van der Waals surface area contributed by atoms with Crippen LogP contribution in [-0.4, -0.2) is 13.9 Å². The van der Waals surface area contributed by atoms with Gasteiger partial charge in [0.2, 0.25) is 0 Å². The molecule has 0 N–H and O–H groups in total. The Kier molecular flexibility index (Phi) is 3.92. The van der Waals surface area contributed by atoms with E-state index < -0.39 is 0 Å². The van der Waals surface area contributed by atoms with Crippen LogP contribution in [0.1, 0.15) is 5.56 Å². The fraction of sp³-hybridized carbons (Fsp3) is 0.105. The van der Waals surface area contributed by atoms with Gasteiger partial charge in [-0.2, -0.15) is 4.37 Å². The summed E-state index contributed by atoms with van der Waals surface area (Å²) in [6.45, 7) is 0.615. The van der Waals surface area contributed by atoms with Gasteiger partial charge in [0.15, 0.2) is 0 Å². The highest BCUT2D eigenvalue weighted by atomic mass is 32.1. The Bertz CT molecular complexity index is 1020. The van der Waals surface area contributed by atoms with Gasteiger partial charge in [-0.15, -0.1) is 0 Å². The van der Waals surface area contributed by atoms with E-state index in [-0.39, 0.29) is 5.56 Å². The quantitative estimate of drug-likeness (QED) is 0.571. The summed E-state index contributed by atoms with van der Waals surface area (Å²) in [5, 5.41) is 0. The number of nitrogens with zero attached hydrogens (tertiary/aromatic N) is 3. The van der Waals surface area contributed by atoms with E-state index >= 15 is 0 Å². The Morgan fingerprint density at radius 1 is 0.958 bits per heavy atom. The minimum atomic E-state index is -0.0180. The van der Waals surface area contributed by atoms with Gasteiger partial charge in [-0.05, 0) is 23.5 Å². The highest BCUT2D eigenvalue weighted by Gasteiger charge is 2.13. The van der Waals surface area contributed by atoms with E-state index in [9.17, 15) is 4.79 Å². The van der Waals surface area contributed by atoms with E-state index in [1.54, 1.807) is 10.9 Å². The van der Waals surface area contributed by atoms with Crippen LogP contribution in [0.25, 0.3) is 21.5 Å². The first-order valence-corrected chi connectivity index (χ1v) is 8.54. The first-order valence-electron chi connectivity index (χ1n) is 7.77. The predicted octanol–water partition coefficient (Wildman–Crippen LogP) is 3.76. The number of hydrogen-bond acceptors (Lipinski definition) is 4. The van der Waals surface area contributed by atoms with Gasteiger partial charge in [-0.25, -0.2) is 4.98 Å². The monoisotopic (exact) mass is 333 g/mol. The first kappa shape index (κ1) is 14.8. The molecule has 24 heavy (non-hydrogen) atoms.